The van der Waals surface area contributed by atoms with Crippen LogP contribution in [0.15, 0.2) is 12.7 Å². The standard InChI is InChI=1S/C3H5NO.C3H7.Na/c1-2-3(4)5;1-3-2;/h2H,1H2,(H2,4,5);3H,1-2H3;/q;-1;+1. The first-order chi connectivity index (χ1) is 3.68. The van der Waals surface area contributed by atoms with Gasteiger partial charge in [0.15, 0.2) is 0 Å². The number of carbonyl (C=O) groups is 1. The second-order valence-electron chi connectivity index (χ2n) is 1.18. The van der Waals surface area contributed by atoms with Crippen molar-refractivity contribution in [1.29, 1.82) is 0 Å². The third kappa shape index (κ3) is 64.8. The first-order valence-corrected chi connectivity index (χ1v) is 2.34. The molecule has 1 amide bonds. The first-order valence-electron chi connectivity index (χ1n) is 2.34. The Morgan fingerprint density at radius 3 is 1.78 bits per heavy atom. The van der Waals surface area contributed by atoms with Gasteiger partial charge in [-0.05, 0) is 6.08 Å². The number of primary amides is 1. The number of rotatable bonds is 1. The minimum atomic E-state index is -0.481. The van der Waals surface area contributed by atoms with E-state index in [1.54, 1.807) is 0 Å². The average Bonchev–Trinajstić information content (AvgIpc) is 1.69. The molecular weight excluding hydrogens is 125 g/mol. The fourth-order valence-electron chi connectivity index (χ4n) is 0. The molecule has 0 saturated heterocycles. The Bertz CT molecular complexity index is 73.5. The maximum atomic E-state index is 9.47. The van der Waals surface area contributed by atoms with Gasteiger partial charge in [-0.3, -0.25) is 4.79 Å². The smallest absolute Gasteiger partial charge is 0.366 e. The molecule has 0 atom stereocenters. The van der Waals surface area contributed by atoms with Crippen molar-refractivity contribution >= 4 is 5.91 Å². The van der Waals surface area contributed by atoms with Crippen LogP contribution in [-0.4, -0.2) is 5.91 Å². The van der Waals surface area contributed by atoms with E-state index in [9.17, 15) is 4.79 Å². The second kappa shape index (κ2) is 15.7. The maximum Gasteiger partial charge on any atom is 1.00 e. The van der Waals surface area contributed by atoms with Crippen LogP contribution in [0.5, 0.6) is 0 Å². The Balaban J connectivity index is -0.0000000800. The van der Waals surface area contributed by atoms with E-state index in [0.29, 0.717) is 0 Å². The van der Waals surface area contributed by atoms with Gasteiger partial charge in [-0.2, -0.15) is 13.8 Å². The summed E-state index contributed by atoms with van der Waals surface area (Å²) in [4.78, 5) is 9.47. The SMILES string of the molecule is C=CC(N)=O.C[CH-]C.[Na+]. The van der Waals surface area contributed by atoms with E-state index < -0.39 is 5.91 Å². The molecule has 0 bridgehead atoms. The molecule has 0 aromatic heterocycles. The molecule has 3 heteroatoms. The summed E-state index contributed by atoms with van der Waals surface area (Å²) >= 11 is 0. The Kier molecular flexibility index (Phi) is 28.1. The van der Waals surface area contributed by atoms with Crippen molar-refractivity contribution in [1.82, 2.24) is 0 Å². The van der Waals surface area contributed by atoms with Gasteiger partial charge in [0.2, 0.25) is 5.91 Å². The summed E-state index contributed by atoms with van der Waals surface area (Å²) in [7, 11) is 0. The van der Waals surface area contributed by atoms with Crippen LogP contribution in [0.1, 0.15) is 13.8 Å². The van der Waals surface area contributed by atoms with Gasteiger partial charge in [-0.1, -0.05) is 6.58 Å². The third-order valence-electron chi connectivity index (χ3n) is 0.201. The van der Waals surface area contributed by atoms with Crippen molar-refractivity contribution in [3.8, 4) is 0 Å². The molecule has 2 nitrogen and oxygen atoms in total. The van der Waals surface area contributed by atoms with E-state index in [1.165, 1.54) is 0 Å². The number of carbonyl (C=O) groups excluding carboxylic acids is 1. The molecule has 0 radical (unpaired) electrons. The van der Waals surface area contributed by atoms with Gasteiger partial charge < -0.3 is 12.2 Å². The predicted octanol–water partition coefficient (Wildman–Crippen LogP) is -2.11. The summed E-state index contributed by atoms with van der Waals surface area (Å²) < 4.78 is 0. The first kappa shape index (κ1) is 16.1. The van der Waals surface area contributed by atoms with E-state index in [1.807, 2.05) is 20.3 Å². The van der Waals surface area contributed by atoms with Crippen LogP contribution in [0, 0.1) is 6.42 Å². The van der Waals surface area contributed by atoms with E-state index in [0.717, 1.165) is 6.08 Å². The van der Waals surface area contributed by atoms with Crippen LogP contribution in [0.3, 0.4) is 0 Å². The molecule has 0 aliphatic rings. The Labute approximate surface area is 78.8 Å². The van der Waals surface area contributed by atoms with Crippen LogP contribution in [0.25, 0.3) is 0 Å². The number of hydrogen-bond donors (Lipinski definition) is 1. The fourth-order valence-corrected chi connectivity index (χ4v) is 0. The van der Waals surface area contributed by atoms with Gasteiger partial charge in [0.25, 0.3) is 0 Å². The van der Waals surface area contributed by atoms with Crippen molar-refractivity contribution in [2.24, 2.45) is 5.73 Å². The molecule has 0 fully saturated rings. The molecule has 2 N–H and O–H groups in total. The fraction of sp³-hybridized carbons (Fsp3) is 0.333. The average molecular weight is 137 g/mol. The molecule has 0 aliphatic carbocycles. The normalized spacial score (nSPS) is 5.56. The van der Waals surface area contributed by atoms with Gasteiger partial charge in [0.05, 0.1) is 0 Å². The van der Waals surface area contributed by atoms with E-state index >= 15 is 0 Å². The van der Waals surface area contributed by atoms with Crippen LogP contribution < -0.4 is 35.3 Å². The van der Waals surface area contributed by atoms with E-state index in [-0.39, 0.29) is 29.6 Å². The molecular formula is C6H12NNaO. The summed E-state index contributed by atoms with van der Waals surface area (Å²) in [5.74, 6) is -0.481. The van der Waals surface area contributed by atoms with Crippen LogP contribution >= 0.6 is 0 Å². The van der Waals surface area contributed by atoms with Crippen LogP contribution in [0.2, 0.25) is 0 Å². The zero-order chi connectivity index (χ0) is 6.99. The molecule has 0 aromatic rings. The summed E-state index contributed by atoms with van der Waals surface area (Å²) in [5, 5.41) is 0. The Hall–Kier alpha value is 0.210. The van der Waals surface area contributed by atoms with Crippen molar-refractivity contribution in [2.45, 2.75) is 13.8 Å². The van der Waals surface area contributed by atoms with Gasteiger partial charge in [0, 0.05) is 0 Å². The maximum absolute atomic E-state index is 9.47. The second-order valence-corrected chi connectivity index (χ2v) is 1.18. The summed E-state index contributed by atoms with van der Waals surface area (Å²) in [6.45, 7) is 7.09. The molecule has 0 saturated carbocycles. The molecule has 0 spiro atoms. The van der Waals surface area contributed by atoms with E-state index in [2.05, 4.69) is 12.3 Å². The molecule has 0 heterocycles. The van der Waals surface area contributed by atoms with Crippen LogP contribution in [0.4, 0.5) is 0 Å². The summed E-state index contributed by atoms with van der Waals surface area (Å²) in [5.41, 5.74) is 4.53. The molecule has 0 rings (SSSR count). The van der Waals surface area contributed by atoms with Crippen molar-refractivity contribution in [2.75, 3.05) is 0 Å². The van der Waals surface area contributed by atoms with Crippen LogP contribution in [-0.2, 0) is 4.79 Å². The number of nitrogens with two attached hydrogens (primary N) is 1. The Morgan fingerprint density at radius 1 is 1.67 bits per heavy atom. The van der Waals surface area contributed by atoms with Crippen molar-refractivity contribution < 1.29 is 34.4 Å². The zero-order valence-corrected chi connectivity index (χ0v) is 8.35. The van der Waals surface area contributed by atoms with Gasteiger partial charge in [-0.15, -0.1) is 0 Å². The van der Waals surface area contributed by atoms with Gasteiger partial charge >= 0.3 is 29.6 Å². The van der Waals surface area contributed by atoms with E-state index in [4.69, 9.17) is 0 Å². The predicted molar refractivity (Wildman–Crippen MR) is 35.0 cm³/mol. The molecule has 48 valence electrons. The largest absolute Gasteiger partial charge is 1.00 e. The summed E-state index contributed by atoms with van der Waals surface area (Å²) in [6.07, 6.45) is 3.06. The topological polar surface area (TPSA) is 43.1 Å². The summed E-state index contributed by atoms with van der Waals surface area (Å²) in [6, 6.07) is 0. The molecule has 9 heavy (non-hydrogen) atoms. The minimum Gasteiger partial charge on any atom is -0.366 e. The Morgan fingerprint density at radius 2 is 1.78 bits per heavy atom. The quantitative estimate of drug-likeness (QED) is 0.251. The monoisotopic (exact) mass is 137 g/mol. The van der Waals surface area contributed by atoms with Crippen molar-refractivity contribution in [3.63, 3.8) is 0 Å². The molecule has 0 unspecified atom stereocenters. The molecule has 0 aromatic carbocycles. The van der Waals surface area contributed by atoms with Gasteiger partial charge in [0.1, 0.15) is 0 Å². The van der Waals surface area contributed by atoms with Crippen molar-refractivity contribution in [3.05, 3.63) is 19.1 Å². The number of amides is 1. The third-order valence-corrected chi connectivity index (χ3v) is 0.201. The zero-order valence-electron chi connectivity index (χ0n) is 6.35. The molecule has 0 aliphatic heterocycles. The number of hydrogen-bond acceptors (Lipinski definition) is 1. The minimum absolute atomic E-state index is 0. The van der Waals surface area contributed by atoms with Gasteiger partial charge in [-0.25, -0.2) is 0 Å².